The topological polar surface area (TPSA) is 97.1 Å². The van der Waals surface area contributed by atoms with Gasteiger partial charge in [-0.3, -0.25) is 4.72 Å². The van der Waals surface area contributed by atoms with Crippen LogP contribution in [0.5, 0.6) is 0 Å². The highest BCUT2D eigenvalue weighted by Gasteiger charge is 2.10. The lowest BCUT2D eigenvalue weighted by Gasteiger charge is -2.07. The van der Waals surface area contributed by atoms with Gasteiger partial charge in [0.2, 0.25) is 10.0 Å². The fraction of sp³-hybridized carbons (Fsp3) is 0.385. The van der Waals surface area contributed by atoms with Crippen LogP contribution in [0.4, 0.5) is 17.3 Å². The molecule has 2 rings (SSSR count). The maximum atomic E-state index is 11.7. The van der Waals surface area contributed by atoms with Crippen LogP contribution in [-0.2, 0) is 10.0 Å². The Balaban J connectivity index is 1.98. The Kier molecular flexibility index (Phi) is 4.79. The van der Waals surface area contributed by atoms with Gasteiger partial charge in [0.25, 0.3) is 0 Å². The molecule has 0 bridgehead atoms. The Bertz CT molecular complexity index is 680. The molecule has 21 heavy (non-hydrogen) atoms. The van der Waals surface area contributed by atoms with Gasteiger partial charge in [0.15, 0.2) is 5.82 Å². The van der Waals surface area contributed by atoms with Gasteiger partial charge in [0.1, 0.15) is 11.6 Å². The average molecular weight is 310 g/mol. The van der Waals surface area contributed by atoms with Gasteiger partial charge in [-0.05, 0) is 25.5 Å². The van der Waals surface area contributed by atoms with Crippen molar-refractivity contribution in [2.75, 3.05) is 15.8 Å². The summed E-state index contributed by atoms with van der Waals surface area (Å²) in [6.45, 7) is 3.74. The summed E-state index contributed by atoms with van der Waals surface area (Å²) in [5, 5.41) is 6.81. The number of hydrogen-bond donors (Lipinski definition) is 2. The van der Waals surface area contributed by atoms with E-state index in [2.05, 4.69) is 20.2 Å². The van der Waals surface area contributed by atoms with Crippen LogP contribution in [0.1, 0.15) is 25.5 Å². The highest BCUT2D eigenvalue weighted by Crippen LogP contribution is 2.17. The second kappa shape index (κ2) is 6.57. The summed E-state index contributed by atoms with van der Waals surface area (Å²) in [4.78, 5) is 4.06. The normalized spacial score (nSPS) is 11.3. The van der Waals surface area contributed by atoms with E-state index in [4.69, 9.17) is 4.52 Å². The lowest BCUT2D eigenvalue weighted by Crippen LogP contribution is -2.17. The number of unbranched alkanes of at least 4 members (excludes halogenated alkanes) is 1. The summed E-state index contributed by atoms with van der Waals surface area (Å²) in [6.07, 6.45) is 2.98. The number of anilines is 3. The number of aromatic nitrogens is 2. The average Bonchev–Trinajstić information content (AvgIpc) is 2.84. The Morgan fingerprint density at radius 2 is 2.10 bits per heavy atom. The molecule has 0 aliphatic heterocycles. The van der Waals surface area contributed by atoms with Gasteiger partial charge < -0.3 is 9.84 Å². The van der Waals surface area contributed by atoms with E-state index in [1.807, 2.05) is 6.92 Å². The third-order valence-electron chi connectivity index (χ3n) is 2.69. The number of hydrogen-bond acceptors (Lipinski definition) is 6. The number of nitrogens with one attached hydrogen (secondary N) is 2. The molecule has 7 nitrogen and oxygen atoms in total. The molecular weight excluding hydrogens is 292 g/mol. The second-order valence-corrected chi connectivity index (χ2v) is 6.50. The molecule has 2 N–H and O–H groups in total. The summed E-state index contributed by atoms with van der Waals surface area (Å²) in [5.41, 5.74) is 0.694. The molecule has 0 amide bonds. The number of rotatable bonds is 7. The molecule has 0 aromatic carbocycles. The fourth-order valence-corrected chi connectivity index (χ4v) is 2.86. The van der Waals surface area contributed by atoms with E-state index in [9.17, 15) is 8.42 Å². The molecule has 0 aliphatic carbocycles. The van der Waals surface area contributed by atoms with Crippen molar-refractivity contribution in [1.29, 1.82) is 0 Å². The Morgan fingerprint density at radius 3 is 2.67 bits per heavy atom. The molecule has 0 atom stereocenters. The predicted molar refractivity (Wildman–Crippen MR) is 81.1 cm³/mol. The fourth-order valence-electron chi connectivity index (χ4n) is 1.65. The number of nitrogens with zero attached hydrogens (tertiary/aromatic N) is 2. The molecular formula is C13H18N4O3S. The first-order chi connectivity index (χ1) is 9.98. The van der Waals surface area contributed by atoms with Gasteiger partial charge in [0, 0.05) is 6.07 Å². The molecule has 2 aromatic rings. The first kappa shape index (κ1) is 15.3. The van der Waals surface area contributed by atoms with Gasteiger partial charge in [-0.25, -0.2) is 13.4 Å². The van der Waals surface area contributed by atoms with Gasteiger partial charge in [-0.1, -0.05) is 18.5 Å². The monoisotopic (exact) mass is 310 g/mol. The standard InChI is InChI=1S/C13H18N4O3S/c1-3-4-7-21(18,19)17-12-6-5-11(9-14-12)15-13-8-10(2)20-16-13/h5-6,8-9H,3-4,7H2,1-2H3,(H,14,17)(H,15,16). The summed E-state index contributed by atoms with van der Waals surface area (Å²) in [6, 6.07) is 5.06. The Morgan fingerprint density at radius 1 is 1.29 bits per heavy atom. The van der Waals surface area contributed by atoms with Crippen molar-refractivity contribution < 1.29 is 12.9 Å². The lowest BCUT2D eigenvalue weighted by atomic mass is 10.4. The molecule has 0 unspecified atom stereocenters. The van der Waals surface area contributed by atoms with Crippen LogP contribution in [0.15, 0.2) is 28.9 Å². The van der Waals surface area contributed by atoms with Crippen LogP contribution in [-0.4, -0.2) is 24.3 Å². The summed E-state index contributed by atoms with van der Waals surface area (Å²) < 4.78 is 30.9. The first-order valence-electron chi connectivity index (χ1n) is 6.65. The van der Waals surface area contributed by atoms with E-state index in [1.54, 1.807) is 25.1 Å². The Labute approximate surface area is 123 Å². The summed E-state index contributed by atoms with van der Waals surface area (Å²) >= 11 is 0. The van der Waals surface area contributed by atoms with Crippen LogP contribution in [0, 0.1) is 6.92 Å². The van der Waals surface area contributed by atoms with Gasteiger partial charge in [-0.2, -0.15) is 0 Å². The van der Waals surface area contributed by atoms with Crippen molar-refractivity contribution in [2.45, 2.75) is 26.7 Å². The van der Waals surface area contributed by atoms with Crippen LogP contribution < -0.4 is 10.0 Å². The minimum atomic E-state index is -3.33. The largest absolute Gasteiger partial charge is 0.360 e. The van der Waals surface area contributed by atoms with Gasteiger partial charge in [-0.15, -0.1) is 0 Å². The summed E-state index contributed by atoms with van der Waals surface area (Å²) in [7, 11) is -3.33. The van der Waals surface area contributed by atoms with Gasteiger partial charge in [0.05, 0.1) is 17.6 Å². The zero-order valence-electron chi connectivity index (χ0n) is 12.0. The molecule has 0 radical (unpaired) electrons. The van der Waals surface area contributed by atoms with E-state index in [-0.39, 0.29) is 5.75 Å². The van der Waals surface area contributed by atoms with E-state index >= 15 is 0 Å². The summed E-state index contributed by atoms with van der Waals surface area (Å²) in [5.74, 6) is 1.67. The van der Waals surface area contributed by atoms with Crippen molar-refractivity contribution >= 4 is 27.3 Å². The minimum Gasteiger partial charge on any atom is -0.360 e. The third-order valence-corrected chi connectivity index (χ3v) is 4.04. The molecule has 0 aliphatic rings. The second-order valence-electron chi connectivity index (χ2n) is 4.65. The van der Waals surface area contributed by atoms with Crippen molar-refractivity contribution in [2.24, 2.45) is 0 Å². The number of sulfonamides is 1. The van der Waals surface area contributed by atoms with Crippen molar-refractivity contribution in [3.05, 3.63) is 30.2 Å². The van der Waals surface area contributed by atoms with E-state index in [0.717, 1.165) is 6.42 Å². The number of pyridine rings is 1. The molecule has 0 saturated heterocycles. The Hall–Kier alpha value is -2.09. The van der Waals surface area contributed by atoms with E-state index in [0.29, 0.717) is 29.5 Å². The lowest BCUT2D eigenvalue weighted by molar-refractivity contribution is 0.400. The van der Waals surface area contributed by atoms with Crippen LogP contribution in [0.25, 0.3) is 0 Å². The van der Waals surface area contributed by atoms with Crippen LogP contribution >= 0.6 is 0 Å². The maximum absolute atomic E-state index is 11.7. The van der Waals surface area contributed by atoms with Crippen molar-refractivity contribution in [3.63, 3.8) is 0 Å². The zero-order valence-corrected chi connectivity index (χ0v) is 12.8. The SMILES string of the molecule is CCCCS(=O)(=O)Nc1ccc(Nc2cc(C)on2)cn1. The molecule has 0 saturated carbocycles. The van der Waals surface area contributed by atoms with Crippen LogP contribution in [0.3, 0.4) is 0 Å². The molecule has 2 heterocycles. The third kappa shape index (κ3) is 4.75. The maximum Gasteiger partial charge on any atom is 0.233 e. The highest BCUT2D eigenvalue weighted by molar-refractivity contribution is 7.92. The number of aryl methyl sites for hydroxylation is 1. The van der Waals surface area contributed by atoms with Crippen molar-refractivity contribution in [1.82, 2.24) is 10.1 Å². The smallest absolute Gasteiger partial charge is 0.233 e. The highest BCUT2D eigenvalue weighted by atomic mass is 32.2. The molecule has 8 heteroatoms. The van der Waals surface area contributed by atoms with Crippen molar-refractivity contribution in [3.8, 4) is 0 Å². The van der Waals surface area contributed by atoms with E-state index < -0.39 is 10.0 Å². The molecule has 2 aromatic heterocycles. The van der Waals surface area contributed by atoms with Gasteiger partial charge >= 0.3 is 0 Å². The zero-order chi connectivity index (χ0) is 15.3. The minimum absolute atomic E-state index is 0.101. The van der Waals surface area contributed by atoms with E-state index in [1.165, 1.54) is 6.20 Å². The predicted octanol–water partition coefficient (Wildman–Crippen LogP) is 2.66. The molecule has 114 valence electrons. The molecule has 0 fully saturated rings. The quantitative estimate of drug-likeness (QED) is 0.816. The van der Waals surface area contributed by atoms with Crippen LogP contribution in [0.2, 0.25) is 0 Å². The molecule has 0 spiro atoms. The first-order valence-corrected chi connectivity index (χ1v) is 8.30.